The first-order valence-electron chi connectivity index (χ1n) is 23.2. The number of nitrogens with zero attached hydrogens (tertiary/aromatic N) is 2. The predicted molar refractivity (Wildman–Crippen MR) is 265 cm³/mol. The molecule has 0 rings (SSSR count). The summed E-state index contributed by atoms with van der Waals surface area (Å²) in [6.45, 7) is 7.48. The first-order valence-corrected chi connectivity index (χ1v) is 24.6. The summed E-state index contributed by atoms with van der Waals surface area (Å²) in [5.74, 6) is -8.32. The van der Waals surface area contributed by atoms with E-state index in [1.165, 1.54) is 18.7 Å². The van der Waals surface area contributed by atoms with E-state index >= 15 is 0 Å². The number of unbranched alkanes of at least 4 members (excludes halogenated alkanes) is 1. The molecular formula is C42H80N16O11S. The summed E-state index contributed by atoms with van der Waals surface area (Å²) in [4.78, 5) is 127. The molecule has 28 heteroatoms. The van der Waals surface area contributed by atoms with Crippen LogP contribution in [0.1, 0.15) is 92.4 Å². The molecule has 0 aromatic heterocycles. The van der Waals surface area contributed by atoms with Crippen LogP contribution in [0, 0.1) is 11.8 Å². The largest absolute Gasteiger partial charge is 0.480 e. The van der Waals surface area contributed by atoms with Gasteiger partial charge in [-0.15, -0.1) is 0 Å². The fourth-order valence-corrected chi connectivity index (χ4v) is 7.00. The Kier molecular flexibility index (Phi) is 32.1. The Morgan fingerprint density at radius 1 is 0.543 bits per heavy atom. The Bertz CT molecular complexity index is 1760. The second-order valence-electron chi connectivity index (χ2n) is 17.2. The fourth-order valence-electron chi connectivity index (χ4n) is 6.53. The van der Waals surface area contributed by atoms with E-state index in [1.54, 1.807) is 34.0 Å². The maximum atomic E-state index is 13.8. The summed E-state index contributed by atoms with van der Waals surface area (Å²) >= 11 is 1.37. The Labute approximate surface area is 413 Å². The highest BCUT2D eigenvalue weighted by Crippen LogP contribution is 2.11. The van der Waals surface area contributed by atoms with Gasteiger partial charge in [-0.05, 0) is 95.1 Å². The molecule has 0 saturated carbocycles. The average Bonchev–Trinajstić information content (AvgIpc) is 3.28. The number of aliphatic imine (C=N–C) groups is 2. The predicted octanol–water partition coefficient (Wildman–Crippen LogP) is -5.39. The third-order valence-electron chi connectivity index (χ3n) is 10.3. The molecule has 0 spiro atoms. The summed E-state index contributed by atoms with van der Waals surface area (Å²) in [6, 6.07) is -9.10. The molecule has 400 valence electrons. The van der Waals surface area contributed by atoms with Crippen molar-refractivity contribution in [2.45, 2.75) is 141 Å². The van der Waals surface area contributed by atoms with Gasteiger partial charge in [0.1, 0.15) is 42.3 Å². The molecule has 0 fully saturated rings. The molecule has 70 heavy (non-hydrogen) atoms. The number of aliphatic carboxylic acids is 1. The second-order valence-corrected chi connectivity index (χ2v) is 18.2. The van der Waals surface area contributed by atoms with Crippen LogP contribution < -0.4 is 76.9 Å². The van der Waals surface area contributed by atoms with E-state index in [4.69, 9.17) is 34.4 Å². The molecule has 27 nitrogen and oxygen atoms in total. The van der Waals surface area contributed by atoms with Crippen molar-refractivity contribution < 1.29 is 53.4 Å². The number of carboxylic acids is 1. The smallest absolute Gasteiger partial charge is 0.326 e. The summed E-state index contributed by atoms with van der Waals surface area (Å²) in [5.41, 5.74) is 32.7. The molecule has 0 aliphatic heterocycles. The molecule has 0 aliphatic carbocycles. The highest BCUT2D eigenvalue weighted by atomic mass is 32.2. The normalized spacial score (nSPS) is 14.4. The van der Waals surface area contributed by atoms with E-state index in [0.717, 1.165) is 0 Å². The van der Waals surface area contributed by atoms with Crippen LogP contribution in [0.4, 0.5) is 0 Å². The molecule has 8 atom stereocenters. The first kappa shape index (κ1) is 64.0. The van der Waals surface area contributed by atoms with Gasteiger partial charge in [-0.3, -0.25) is 48.3 Å². The number of hydrogen-bond donors (Lipinski definition) is 16. The fraction of sp³-hybridized carbons (Fsp3) is 0.738. The van der Waals surface area contributed by atoms with Crippen LogP contribution in [-0.4, -0.2) is 168 Å². The van der Waals surface area contributed by atoms with Crippen LogP contribution >= 0.6 is 11.8 Å². The van der Waals surface area contributed by atoms with Crippen LogP contribution in [-0.2, 0) is 43.2 Å². The number of nitrogens with one attached hydrogen (secondary N) is 8. The maximum absolute atomic E-state index is 13.8. The second kappa shape index (κ2) is 35.2. The number of nitrogens with two attached hydrogens (primary N) is 6. The lowest BCUT2D eigenvalue weighted by Crippen LogP contribution is -2.61. The molecular weight excluding hydrogens is 937 g/mol. The third-order valence-corrected chi connectivity index (χ3v) is 10.9. The summed E-state index contributed by atoms with van der Waals surface area (Å²) in [7, 11) is 0. The zero-order valence-electron chi connectivity index (χ0n) is 41.2. The number of carboxylic acid groups (broad SMARTS) is 1. The average molecular weight is 1020 g/mol. The molecule has 0 aromatic rings. The van der Waals surface area contributed by atoms with Gasteiger partial charge >= 0.3 is 5.97 Å². The van der Waals surface area contributed by atoms with Crippen LogP contribution in [0.25, 0.3) is 0 Å². The van der Waals surface area contributed by atoms with Gasteiger partial charge in [-0.1, -0.05) is 27.7 Å². The molecule has 22 N–H and O–H groups in total. The lowest BCUT2D eigenvalue weighted by molar-refractivity contribution is -0.142. The monoisotopic (exact) mass is 1020 g/mol. The number of carbonyl (C=O) groups is 9. The molecule has 0 heterocycles. The number of amides is 8. The molecule has 0 unspecified atom stereocenters. The molecule has 0 bridgehead atoms. The number of thioether (sulfide) groups is 1. The lowest BCUT2D eigenvalue weighted by atomic mass is 10.0. The molecule has 0 radical (unpaired) electrons. The minimum absolute atomic E-state index is 0.0245. The Morgan fingerprint density at radius 3 is 1.49 bits per heavy atom. The van der Waals surface area contributed by atoms with Gasteiger partial charge in [0.2, 0.25) is 47.3 Å². The SMILES string of the molecule is CSCC[C@H](NC(=O)[C@@H](NC(=O)CN)C(C)C)C(=O)N[C@H](C(=O)N[C@@H](CCCN=C(N)N)C(=O)NCC(=O)N[C@@H](CCCN=C(N)N)C(=O)N[C@@H](CC(C)C)C(=O)N[C@@H](CCCCN)C(=O)O)[C@@H](C)O. The number of rotatable bonds is 36. The van der Waals surface area contributed by atoms with Gasteiger partial charge in [-0.25, -0.2) is 4.79 Å². The van der Waals surface area contributed by atoms with Crippen LogP contribution in [0.3, 0.4) is 0 Å². The first-order chi connectivity index (χ1) is 32.9. The van der Waals surface area contributed by atoms with Crippen molar-refractivity contribution in [2.24, 2.45) is 56.2 Å². The van der Waals surface area contributed by atoms with Gasteiger partial charge in [0, 0.05) is 13.1 Å². The van der Waals surface area contributed by atoms with Gasteiger partial charge in [0.15, 0.2) is 11.9 Å². The summed E-state index contributed by atoms with van der Waals surface area (Å²) in [6.07, 6.45) is 1.65. The number of guanidine groups is 2. The van der Waals surface area contributed by atoms with Crippen molar-refractivity contribution in [3.05, 3.63) is 0 Å². The zero-order valence-corrected chi connectivity index (χ0v) is 42.0. The van der Waals surface area contributed by atoms with Crippen LogP contribution in [0.2, 0.25) is 0 Å². The molecule has 0 aliphatic rings. The number of aliphatic hydroxyl groups excluding tert-OH is 1. The number of aliphatic hydroxyl groups is 1. The Hall–Kier alpha value is -6.00. The van der Waals surface area contributed by atoms with Gasteiger partial charge in [-0.2, -0.15) is 11.8 Å². The zero-order chi connectivity index (χ0) is 53.5. The van der Waals surface area contributed by atoms with Crippen molar-refractivity contribution in [3.8, 4) is 0 Å². The third kappa shape index (κ3) is 27.3. The minimum atomic E-state index is -1.67. The van der Waals surface area contributed by atoms with Crippen molar-refractivity contribution in [1.82, 2.24) is 42.5 Å². The van der Waals surface area contributed by atoms with Crippen LogP contribution in [0.15, 0.2) is 9.98 Å². The molecule has 0 aromatic carbocycles. The van der Waals surface area contributed by atoms with Gasteiger partial charge in [0.05, 0.1) is 19.2 Å². The molecule has 8 amide bonds. The van der Waals surface area contributed by atoms with Crippen molar-refractivity contribution in [1.29, 1.82) is 0 Å². The maximum Gasteiger partial charge on any atom is 0.326 e. The molecule has 0 saturated heterocycles. The van der Waals surface area contributed by atoms with E-state index in [2.05, 4.69) is 52.5 Å². The lowest BCUT2D eigenvalue weighted by Gasteiger charge is -2.28. The van der Waals surface area contributed by atoms with Gasteiger partial charge in [0.25, 0.3) is 0 Å². The summed E-state index contributed by atoms with van der Waals surface area (Å²) < 4.78 is 0. The standard InChI is InChI=1S/C42H80N16O11S/c1-22(2)19-29(37(65)55-28(40(68)69)11-7-8-15-43)56-35(63)26(13-10-17-50-42(47)48)52-31(61)21-51-34(62)25(12-9-16-49-41(45)46)53-39(67)33(24(5)59)58-36(64)27(14-18-70-6)54-38(66)32(23(3)4)57-30(60)20-44/h22-29,32-33,59H,7-21,43-44H2,1-6H3,(H,51,62)(H,52,61)(H,53,67)(H,54,66)(H,55,65)(H,56,63)(H,57,60)(H,58,64)(H,68,69)(H4,45,46,49)(H4,47,48,50)/t24-,25+,26+,27+,28+,29+,32+,33+/m1/s1. The highest BCUT2D eigenvalue weighted by Gasteiger charge is 2.35. The van der Waals surface area contributed by atoms with E-state index in [1.807, 2.05) is 0 Å². The van der Waals surface area contributed by atoms with Crippen molar-refractivity contribution >= 4 is 76.9 Å². The topological polar surface area (TPSA) is 471 Å². The minimum Gasteiger partial charge on any atom is -0.480 e. The number of carbonyl (C=O) groups excluding carboxylic acids is 8. The van der Waals surface area contributed by atoms with E-state index in [9.17, 15) is 53.4 Å². The number of hydrogen-bond acceptors (Lipinski definition) is 15. The van der Waals surface area contributed by atoms with Crippen molar-refractivity contribution in [2.75, 3.05) is 44.7 Å². The quantitative estimate of drug-likeness (QED) is 0.0158. The van der Waals surface area contributed by atoms with Crippen molar-refractivity contribution in [3.63, 3.8) is 0 Å². The van der Waals surface area contributed by atoms with Gasteiger partial charge < -0.3 is 87.1 Å². The Balaban J connectivity index is 6.41. The Morgan fingerprint density at radius 2 is 1.01 bits per heavy atom. The van der Waals surface area contributed by atoms with E-state index in [0.29, 0.717) is 25.1 Å². The summed E-state index contributed by atoms with van der Waals surface area (Å²) in [5, 5.41) is 40.5. The van der Waals surface area contributed by atoms with Crippen LogP contribution in [0.5, 0.6) is 0 Å². The van der Waals surface area contributed by atoms with E-state index in [-0.39, 0.29) is 82.4 Å². The van der Waals surface area contributed by atoms with E-state index < -0.39 is 114 Å². The highest BCUT2D eigenvalue weighted by molar-refractivity contribution is 7.98.